The molecule has 0 spiro atoms. The Bertz CT molecular complexity index is 1190. The van der Waals surface area contributed by atoms with Crippen molar-refractivity contribution in [2.75, 3.05) is 18.0 Å². The molecule has 3 aromatic rings. The minimum atomic E-state index is -0.662. The van der Waals surface area contributed by atoms with Crippen LogP contribution in [0.1, 0.15) is 44.9 Å². The first-order valence-electron chi connectivity index (χ1n) is 12.7. The number of piperidine rings is 1. The monoisotopic (exact) mass is 478 g/mol. The number of anilines is 1. The van der Waals surface area contributed by atoms with Crippen LogP contribution in [0.15, 0.2) is 36.5 Å². The van der Waals surface area contributed by atoms with Crippen LogP contribution in [-0.2, 0) is 9.53 Å². The number of aromatic amines is 1. The van der Waals surface area contributed by atoms with Gasteiger partial charge in [0, 0.05) is 31.3 Å². The molecule has 1 aliphatic heterocycles. The number of hydrogen-bond donors (Lipinski definition) is 2. The molecule has 1 saturated heterocycles. The highest BCUT2D eigenvalue weighted by Crippen LogP contribution is 2.49. The van der Waals surface area contributed by atoms with Crippen molar-refractivity contribution in [1.29, 1.82) is 0 Å². The van der Waals surface area contributed by atoms with Gasteiger partial charge >= 0.3 is 5.97 Å². The second-order valence-electron chi connectivity index (χ2n) is 10.5. The number of H-pyrrole nitrogens is 1. The van der Waals surface area contributed by atoms with Crippen LogP contribution in [-0.4, -0.2) is 51.3 Å². The molecule has 3 fully saturated rings. The maximum Gasteiger partial charge on any atom is 0.303 e. The summed E-state index contributed by atoms with van der Waals surface area (Å²) < 4.78 is 20.0. The number of halogens is 1. The number of fused-ring (bicyclic) bond motifs is 2. The summed E-state index contributed by atoms with van der Waals surface area (Å²) in [6.45, 7) is 1.84. The van der Waals surface area contributed by atoms with E-state index in [9.17, 15) is 9.18 Å². The molecular weight excluding hydrogens is 447 g/mol. The number of rotatable bonds is 6. The predicted molar refractivity (Wildman–Crippen MR) is 131 cm³/mol. The van der Waals surface area contributed by atoms with E-state index in [0.29, 0.717) is 47.7 Å². The van der Waals surface area contributed by atoms with Gasteiger partial charge in [-0.2, -0.15) is 0 Å². The van der Waals surface area contributed by atoms with Gasteiger partial charge in [0.15, 0.2) is 0 Å². The van der Waals surface area contributed by atoms with E-state index in [4.69, 9.17) is 9.84 Å². The minimum Gasteiger partial charge on any atom is -0.481 e. The van der Waals surface area contributed by atoms with Gasteiger partial charge in [0.2, 0.25) is 0 Å². The van der Waals surface area contributed by atoms with Crippen molar-refractivity contribution in [3.63, 3.8) is 0 Å². The van der Waals surface area contributed by atoms with E-state index < -0.39 is 5.97 Å². The third kappa shape index (κ3) is 4.76. The Kier molecular flexibility index (Phi) is 5.92. The molecule has 2 N–H and O–H groups in total. The maximum atomic E-state index is 13.5. The van der Waals surface area contributed by atoms with Crippen molar-refractivity contribution in [2.24, 2.45) is 17.8 Å². The smallest absolute Gasteiger partial charge is 0.303 e. The second kappa shape index (κ2) is 9.22. The van der Waals surface area contributed by atoms with Crippen LogP contribution in [0.5, 0.6) is 0 Å². The Hall–Kier alpha value is -3.00. The first-order chi connectivity index (χ1) is 17.0. The molecular formula is C27H31FN4O3. The average molecular weight is 479 g/mol. The topological polar surface area (TPSA) is 91.3 Å². The summed E-state index contributed by atoms with van der Waals surface area (Å²) in [4.78, 5) is 25.7. The first-order valence-corrected chi connectivity index (χ1v) is 12.7. The van der Waals surface area contributed by atoms with Crippen LogP contribution < -0.4 is 4.90 Å². The van der Waals surface area contributed by atoms with Gasteiger partial charge < -0.3 is 19.7 Å². The SMILES string of the molecule is O=C(O)CC1C[C@@H]2CC(OC3CCN(c4ccc(-c5nc6ccc(F)cc6[nH]5)cn4)CC3)C[C@@H]2C1. The molecule has 7 nitrogen and oxygen atoms in total. The fourth-order valence-corrected chi connectivity index (χ4v) is 6.54. The van der Waals surface area contributed by atoms with E-state index in [1.807, 2.05) is 18.3 Å². The first kappa shape index (κ1) is 22.5. The standard InChI is InChI=1S/C27H31FN4O3/c28-20-2-3-23-24(14-20)31-27(30-23)17-1-4-25(29-15-17)32-7-5-21(6-8-32)35-22-12-18-9-16(11-26(33)34)10-19(18)13-22/h1-4,14-16,18-19,21-22H,5-13H2,(H,30,31)(H,33,34)/t16?,18-,19+,22?. The fraction of sp³-hybridized carbons (Fsp3) is 0.519. The van der Waals surface area contributed by atoms with Gasteiger partial charge in [-0.25, -0.2) is 14.4 Å². The van der Waals surface area contributed by atoms with E-state index in [1.54, 1.807) is 6.07 Å². The minimum absolute atomic E-state index is 0.284. The molecule has 8 heteroatoms. The van der Waals surface area contributed by atoms with Crippen molar-refractivity contribution < 1.29 is 19.0 Å². The van der Waals surface area contributed by atoms with Gasteiger partial charge in [0.1, 0.15) is 17.5 Å². The number of imidazole rings is 1. The Labute approximate surface area is 203 Å². The number of pyridine rings is 1. The molecule has 2 aliphatic carbocycles. The van der Waals surface area contributed by atoms with Crippen LogP contribution in [0.25, 0.3) is 22.4 Å². The fourth-order valence-electron chi connectivity index (χ4n) is 6.54. The van der Waals surface area contributed by atoms with E-state index >= 15 is 0 Å². The number of nitrogens with one attached hydrogen (secondary N) is 1. The molecule has 2 aromatic heterocycles. The average Bonchev–Trinajstić information content (AvgIpc) is 3.52. The normalized spacial score (nSPS) is 26.9. The van der Waals surface area contributed by atoms with Crippen molar-refractivity contribution in [3.8, 4) is 11.4 Å². The molecule has 4 atom stereocenters. The van der Waals surface area contributed by atoms with Gasteiger partial charge in [-0.15, -0.1) is 0 Å². The largest absolute Gasteiger partial charge is 0.481 e. The Balaban J connectivity index is 1.00. The lowest BCUT2D eigenvalue weighted by Gasteiger charge is -2.34. The summed E-state index contributed by atoms with van der Waals surface area (Å²) in [5.41, 5.74) is 2.29. The third-order valence-corrected chi connectivity index (χ3v) is 8.15. The Morgan fingerprint density at radius 3 is 2.54 bits per heavy atom. The molecule has 1 aromatic carbocycles. The molecule has 2 saturated carbocycles. The van der Waals surface area contributed by atoms with E-state index in [-0.39, 0.29) is 5.82 Å². The number of carboxylic acid groups (broad SMARTS) is 1. The van der Waals surface area contributed by atoms with Crippen LogP contribution in [0.3, 0.4) is 0 Å². The molecule has 184 valence electrons. The number of aliphatic carboxylic acids is 1. The number of ether oxygens (including phenoxy) is 1. The molecule has 6 rings (SSSR count). The number of hydrogen-bond acceptors (Lipinski definition) is 5. The maximum absolute atomic E-state index is 13.5. The lowest BCUT2D eigenvalue weighted by Crippen LogP contribution is -2.38. The summed E-state index contributed by atoms with van der Waals surface area (Å²) in [5, 5.41) is 9.06. The molecule has 3 heterocycles. The number of benzene rings is 1. The molecule has 35 heavy (non-hydrogen) atoms. The van der Waals surface area contributed by atoms with Gasteiger partial charge in [-0.1, -0.05) is 0 Å². The van der Waals surface area contributed by atoms with E-state index in [0.717, 1.165) is 68.5 Å². The highest BCUT2D eigenvalue weighted by Gasteiger charge is 2.43. The molecule has 2 unspecified atom stereocenters. The van der Waals surface area contributed by atoms with Crippen LogP contribution in [0.4, 0.5) is 10.2 Å². The second-order valence-corrected chi connectivity index (χ2v) is 10.5. The van der Waals surface area contributed by atoms with Gasteiger partial charge in [-0.3, -0.25) is 4.79 Å². The van der Waals surface area contributed by atoms with Gasteiger partial charge in [-0.05, 0) is 86.6 Å². The zero-order valence-electron chi connectivity index (χ0n) is 19.7. The highest BCUT2D eigenvalue weighted by molar-refractivity contribution is 5.79. The summed E-state index contributed by atoms with van der Waals surface area (Å²) in [5.74, 6) is 2.36. The van der Waals surface area contributed by atoms with Crippen molar-refractivity contribution in [1.82, 2.24) is 15.0 Å². The Morgan fingerprint density at radius 1 is 1.09 bits per heavy atom. The number of carbonyl (C=O) groups is 1. The molecule has 0 radical (unpaired) electrons. The number of nitrogens with zero attached hydrogens (tertiary/aromatic N) is 3. The number of carboxylic acids is 1. The molecule has 0 amide bonds. The summed E-state index contributed by atoms with van der Waals surface area (Å²) >= 11 is 0. The quantitative estimate of drug-likeness (QED) is 0.516. The van der Waals surface area contributed by atoms with Crippen molar-refractivity contribution in [2.45, 2.75) is 57.2 Å². The van der Waals surface area contributed by atoms with Gasteiger partial charge in [0.25, 0.3) is 0 Å². The summed E-state index contributed by atoms with van der Waals surface area (Å²) in [6, 6.07) is 8.57. The summed E-state index contributed by atoms with van der Waals surface area (Å²) in [7, 11) is 0. The van der Waals surface area contributed by atoms with Crippen LogP contribution in [0, 0.1) is 23.6 Å². The molecule has 0 bridgehead atoms. The van der Waals surface area contributed by atoms with E-state index in [2.05, 4.69) is 19.9 Å². The van der Waals surface area contributed by atoms with Crippen LogP contribution in [0.2, 0.25) is 0 Å². The van der Waals surface area contributed by atoms with Crippen molar-refractivity contribution >= 4 is 22.8 Å². The zero-order valence-corrected chi connectivity index (χ0v) is 19.7. The highest BCUT2D eigenvalue weighted by atomic mass is 19.1. The van der Waals surface area contributed by atoms with Crippen molar-refractivity contribution in [3.05, 3.63) is 42.3 Å². The Morgan fingerprint density at radius 2 is 1.86 bits per heavy atom. The van der Waals surface area contributed by atoms with Gasteiger partial charge in [0.05, 0.1) is 23.2 Å². The zero-order chi connectivity index (χ0) is 23.9. The number of aromatic nitrogens is 3. The summed E-state index contributed by atoms with van der Waals surface area (Å²) in [6.07, 6.45) is 9.06. The lowest BCUT2D eigenvalue weighted by molar-refractivity contribution is -0.138. The van der Waals surface area contributed by atoms with E-state index in [1.165, 1.54) is 12.1 Å². The third-order valence-electron chi connectivity index (χ3n) is 8.15. The predicted octanol–water partition coefficient (Wildman–Crippen LogP) is 5.03. The molecule has 3 aliphatic rings. The lowest BCUT2D eigenvalue weighted by atomic mass is 9.99. The van der Waals surface area contributed by atoms with Crippen LogP contribution >= 0.6 is 0 Å².